The molecule has 1 atom stereocenters. The molecule has 82 valence electrons. The summed E-state index contributed by atoms with van der Waals surface area (Å²) in [7, 11) is 0. The largest absolute Gasteiger partial charge is 0.463 e. The van der Waals surface area contributed by atoms with Gasteiger partial charge in [-0.15, -0.1) is 0 Å². The average molecular weight is 247 g/mol. The molecular formula is C11H12Cl2O2. The monoisotopic (exact) mass is 246 g/mol. The van der Waals surface area contributed by atoms with Crippen LogP contribution < -0.4 is 4.74 Å². The molecule has 0 N–H and O–H groups in total. The third kappa shape index (κ3) is 2.22. The molecule has 0 amide bonds. The molecule has 1 unspecified atom stereocenters. The number of benzene rings is 1. The van der Waals surface area contributed by atoms with Crippen molar-refractivity contribution in [2.24, 2.45) is 5.92 Å². The van der Waals surface area contributed by atoms with Crippen LogP contribution in [0.3, 0.4) is 0 Å². The summed E-state index contributed by atoms with van der Waals surface area (Å²) in [6.07, 6.45) is -0.226. The first-order valence-corrected chi connectivity index (χ1v) is 5.59. The summed E-state index contributed by atoms with van der Waals surface area (Å²) in [4.78, 5) is 0. The SMILES string of the molecule is CC(C)C1OCc2cc(Cl)cc(Cl)c2O1. The van der Waals surface area contributed by atoms with Gasteiger partial charge in [0.25, 0.3) is 0 Å². The minimum absolute atomic E-state index is 0.226. The van der Waals surface area contributed by atoms with Gasteiger partial charge in [0.15, 0.2) is 0 Å². The van der Waals surface area contributed by atoms with Crippen molar-refractivity contribution in [2.45, 2.75) is 26.7 Å². The predicted molar refractivity (Wildman–Crippen MR) is 60.5 cm³/mol. The molecule has 2 nitrogen and oxygen atoms in total. The van der Waals surface area contributed by atoms with E-state index in [0.717, 1.165) is 5.56 Å². The third-order valence-electron chi connectivity index (χ3n) is 2.27. The van der Waals surface area contributed by atoms with E-state index in [0.29, 0.717) is 28.3 Å². The van der Waals surface area contributed by atoms with Crippen molar-refractivity contribution >= 4 is 23.2 Å². The van der Waals surface area contributed by atoms with E-state index in [1.165, 1.54) is 0 Å². The molecule has 0 aliphatic carbocycles. The third-order valence-corrected chi connectivity index (χ3v) is 2.77. The van der Waals surface area contributed by atoms with Gasteiger partial charge in [0.2, 0.25) is 6.29 Å². The van der Waals surface area contributed by atoms with Gasteiger partial charge in [0.05, 0.1) is 11.6 Å². The molecule has 1 aliphatic heterocycles. The summed E-state index contributed by atoms with van der Waals surface area (Å²) >= 11 is 11.9. The molecule has 0 radical (unpaired) electrons. The molecule has 0 saturated carbocycles. The van der Waals surface area contributed by atoms with Crippen molar-refractivity contribution < 1.29 is 9.47 Å². The van der Waals surface area contributed by atoms with E-state index in [2.05, 4.69) is 0 Å². The van der Waals surface area contributed by atoms with Crippen LogP contribution in [0.5, 0.6) is 5.75 Å². The summed E-state index contributed by atoms with van der Waals surface area (Å²) < 4.78 is 11.2. The van der Waals surface area contributed by atoms with Gasteiger partial charge in [-0.3, -0.25) is 0 Å². The Morgan fingerprint density at radius 2 is 2.07 bits per heavy atom. The summed E-state index contributed by atoms with van der Waals surface area (Å²) in [6.45, 7) is 4.58. The van der Waals surface area contributed by atoms with Gasteiger partial charge in [0, 0.05) is 16.5 Å². The van der Waals surface area contributed by atoms with Crippen LogP contribution in [-0.2, 0) is 11.3 Å². The summed E-state index contributed by atoms with van der Waals surface area (Å²) in [5, 5.41) is 1.15. The normalized spacial score (nSPS) is 19.9. The van der Waals surface area contributed by atoms with Crippen molar-refractivity contribution in [2.75, 3.05) is 0 Å². The highest BCUT2D eigenvalue weighted by atomic mass is 35.5. The van der Waals surface area contributed by atoms with Gasteiger partial charge in [-0.25, -0.2) is 0 Å². The maximum atomic E-state index is 6.05. The van der Waals surface area contributed by atoms with E-state index in [1.54, 1.807) is 6.07 Å². The van der Waals surface area contributed by atoms with E-state index in [4.69, 9.17) is 32.7 Å². The van der Waals surface area contributed by atoms with Crippen LogP contribution in [-0.4, -0.2) is 6.29 Å². The molecule has 0 saturated heterocycles. The Kier molecular flexibility index (Phi) is 3.10. The highest BCUT2D eigenvalue weighted by molar-refractivity contribution is 6.35. The number of ether oxygens (including phenoxy) is 2. The lowest BCUT2D eigenvalue weighted by atomic mass is 10.1. The molecule has 0 aromatic heterocycles. The average Bonchev–Trinajstić information content (AvgIpc) is 2.16. The molecule has 1 aliphatic rings. The fraction of sp³-hybridized carbons (Fsp3) is 0.455. The van der Waals surface area contributed by atoms with E-state index < -0.39 is 0 Å². The molecule has 1 aromatic rings. The number of fused-ring (bicyclic) bond motifs is 1. The second-order valence-electron chi connectivity index (χ2n) is 3.92. The predicted octanol–water partition coefficient (Wildman–Crippen LogP) is 3.88. The molecule has 15 heavy (non-hydrogen) atoms. The molecule has 0 bridgehead atoms. The lowest BCUT2D eigenvalue weighted by Gasteiger charge is -2.29. The Labute approximate surface area is 99.1 Å². The molecular weight excluding hydrogens is 235 g/mol. The van der Waals surface area contributed by atoms with Crippen molar-refractivity contribution in [1.82, 2.24) is 0 Å². The topological polar surface area (TPSA) is 18.5 Å². The second-order valence-corrected chi connectivity index (χ2v) is 4.76. The van der Waals surface area contributed by atoms with Crippen LogP contribution in [0.1, 0.15) is 19.4 Å². The number of hydrogen-bond acceptors (Lipinski definition) is 2. The zero-order chi connectivity index (χ0) is 11.0. The first kappa shape index (κ1) is 11.1. The Morgan fingerprint density at radius 1 is 1.33 bits per heavy atom. The quantitative estimate of drug-likeness (QED) is 0.749. The number of hydrogen-bond donors (Lipinski definition) is 0. The van der Waals surface area contributed by atoms with Gasteiger partial charge in [-0.05, 0) is 12.1 Å². The Hall–Kier alpha value is -0.440. The zero-order valence-electron chi connectivity index (χ0n) is 8.59. The van der Waals surface area contributed by atoms with Crippen LogP contribution >= 0.6 is 23.2 Å². The van der Waals surface area contributed by atoms with Crippen LogP contribution in [0.25, 0.3) is 0 Å². The maximum Gasteiger partial charge on any atom is 0.202 e. The highest BCUT2D eigenvalue weighted by Crippen LogP contribution is 2.37. The summed E-state index contributed by atoms with van der Waals surface area (Å²) in [5.41, 5.74) is 0.907. The Bertz CT molecular complexity index is 377. The first-order chi connectivity index (χ1) is 7.08. The first-order valence-electron chi connectivity index (χ1n) is 4.84. The smallest absolute Gasteiger partial charge is 0.202 e. The van der Waals surface area contributed by atoms with Gasteiger partial charge in [-0.1, -0.05) is 37.0 Å². The van der Waals surface area contributed by atoms with Crippen LogP contribution in [0.4, 0.5) is 0 Å². The van der Waals surface area contributed by atoms with Crippen molar-refractivity contribution in [3.63, 3.8) is 0 Å². The number of halogens is 2. The fourth-order valence-electron chi connectivity index (χ4n) is 1.50. The van der Waals surface area contributed by atoms with Crippen LogP contribution in [0.15, 0.2) is 12.1 Å². The van der Waals surface area contributed by atoms with Gasteiger partial charge in [0.1, 0.15) is 5.75 Å². The van der Waals surface area contributed by atoms with E-state index in [-0.39, 0.29) is 6.29 Å². The van der Waals surface area contributed by atoms with Crippen LogP contribution in [0.2, 0.25) is 10.0 Å². The molecule has 2 rings (SSSR count). The molecule has 0 fully saturated rings. The molecule has 1 aromatic carbocycles. The zero-order valence-corrected chi connectivity index (χ0v) is 10.1. The van der Waals surface area contributed by atoms with Gasteiger partial charge in [-0.2, -0.15) is 0 Å². The highest BCUT2D eigenvalue weighted by Gasteiger charge is 2.25. The summed E-state index contributed by atoms with van der Waals surface area (Å²) in [6, 6.07) is 3.50. The second kappa shape index (κ2) is 4.20. The minimum Gasteiger partial charge on any atom is -0.463 e. The minimum atomic E-state index is -0.226. The lowest BCUT2D eigenvalue weighted by molar-refractivity contribution is -0.132. The van der Waals surface area contributed by atoms with Crippen molar-refractivity contribution in [3.8, 4) is 5.75 Å². The standard InChI is InChI=1S/C11H12Cl2O2/c1-6(2)11-14-5-7-3-8(12)4-9(13)10(7)15-11/h3-4,6,11H,5H2,1-2H3. The van der Waals surface area contributed by atoms with Gasteiger partial charge >= 0.3 is 0 Å². The van der Waals surface area contributed by atoms with Gasteiger partial charge < -0.3 is 9.47 Å². The summed E-state index contributed by atoms with van der Waals surface area (Å²) in [5.74, 6) is 0.996. The van der Waals surface area contributed by atoms with E-state index >= 15 is 0 Å². The Balaban J connectivity index is 2.33. The lowest BCUT2D eigenvalue weighted by Crippen LogP contribution is -2.30. The van der Waals surface area contributed by atoms with E-state index in [9.17, 15) is 0 Å². The van der Waals surface area contributed by atoms with Crippen molar-refractivity contribution in [1.29, 1.82) is 0 Å². The molecule has 0 spiro atoms. The Morgan fingerprint density at radius 3 is 2.73 bits per heavy atom. The molecule has 1 heterocycles. The van der Waals surface area contributed by atoms with Crippen molar-refractivity contribution in [3.05, 3.63) is 27.7 Å². The fourth-order valence-corrected chi connectivity index (χ4v) is 2.08. The molecule has 4 heteroatoms. The van der Waals surface area contributed by atoms with E-state index in [1.807, 2.05) is 19.9 Å². The number of rotatable bonds is 1. The maximum absolute atomic E-state index is 6.05. The van der Waals surface area contributed by atoms with Crippen LogP contribution in [0, 0.1) is 5.92 Å².